The van der Waals surface area contributed by atoms with Crippen molar-refractivity contribution in [1.82, 2.24) is 9.88 Å². The standard InChI is InChI=1S/C20H27N3O4/c1-5-22-19(24)15(4)27-20(25)17(11-21)10-16-9-13(2)23(14(16)3)12-18-7-6-8-26-18/h9-10,15,18H,5-8,12H2,1-4H3,(H,22,24)/b17-10+/t15-,18-/m0/s1. The summed E-state index contributed by atoms with van der Waals surface area (Å²) in [5.41, 5.74) is 2.64. The molecule has 2 rings (SSSR count). The van der Waals surface area contributed by atoms with E-state index < -0.39 is 18.0 Å². The lowest BCUT2D eigenvalue weighted by Crippen LogP contribution is -2.35. The number of carbonyl (C=O) groups is 2. The summed E-state index contributed by atoms with van der Waals surface area (Å²) in [7, 11) is 0. The third-order valence-electron chi connectivity index (χ3n) is 4.67. The molecule has 1 amide bonds. The number of likely N-dealkylation sites (N-methyl/N-ethyl adjacent to an activating group) is 1. The summed E-state index contributed by atoms with van der Waals surface area (Å²) in [5.74, 6) is -1.20. The molecule has 1 aromatic heterocycles. The number of carbonyl (C=O) groups excluding carboxylic acids is 2. The van der Waals surface area contributed by atoms with E-state index in [0.717, 1.165) is 42.9 Å². The molecule has 1 aliphatic rings. The molecule has 2 heterocycles. The molecular formula is C20H27N3O4. The number of esters is 1. The average Bonchev–Trinajstić information content (AvgIpc) is 3.23. The molecule has 0 spiro atoms. The number of amides is 1. The maximum Gasteiger partial charge on any atom is 0.349 e. The van der Waals surface area contributed by atoms with Crippen LogP contribution in [-0.2, 0) is 25.6 Å². The summed E-state index contributed by atoms with van der Waals surface area (Å²) in [6.07, 6.45) is 2.87. The lowest BCUT2D eigenvalue weighted by atomic mass is 10.1. The molecule has 0 aliphatic carbocycles. The van der Waals surface area contributed by atoms with Crippen molar-refractivity contribution < 1.29 is 19.1 Å². The molecule has 1 fully saturated rings. The molecule has 146 valence electrons. The molecule has 0 unspecified atom stereocenters. The maximum absolute atomic E-state index is 12.3. The van der Waals surface area contributed by atoms with Gasteiger partial charge in [0, 0.05) is 31.1 Å². The van der Waals surface area contributed by atoms with Gasteiger partial charge in [0.15, 0.2) is 6.10 Å². The first-order valence-corrected chi connectivity index (χ1v) is 9.26. The van der Waals surface area contributed by atoms with Gasteiger partial charge in [0.2, 0.25) is 0 Å². The normalized spacial score (nSPS) is 18.0. The maximum atomic E-state index is 12.3. The molecule has 1 N–H and O–H groups in total. The highest BCUT2D eigenvalue weighted by atomic mass is 16.5. The summed E-state index contributed by atoms with van der Waals surface area (Å²) in [6, 6.07) is 3.81. The summed E-state index contributed by atoms with van der Waals surface area (Å²) in [4.78, 5) is 24.0. The predicted molar refractivity (Wildman–Crippen MR) is 101 cm³/mol. The van der Waals surface area contributed by atoms with Gasteiger partial charge in [-0.1, -0.05) is 0 Å². The summed E-state index contributed by atoms with van der Waals surface area (Å²) < 4.78 is 12.9. The van der Waals surface area contributed by atoms with E-state index in [0.29, 0.717) is 6.54 Å². The number of hydrogen-bond donors (Lipinski definition) is 1. The zero-order valence-electron chi connectivity index (χ0n) is 16.4. The van der Waals surface area contributed by atoms with Crippen LogP contribution in [0.15, 0.2) is 11.6 Å². The highest BCUT2D eigenvalue weighted by Gasteiger charge is 2.22. The van der Waals surface area contributed by atoms with Gasteiger partial charge in [-0.15, -0.1) is 0 Å². The highest BCUT2D eigenvalue weighted by molar-refractivity contribution is 5.99. The van der Waals surface area contributed by atoms with Crippen LogP contribution in [0, 0.1) is 25.2 Å². The number of nitrogens with one attached hydrogen (secondary N) is 1. The molecule has 7 heteroatoms. The second-order valence-corrected chi connectivity index (χ2v) is 6.68. The van der Waals surface area contributed by atoms with E-state index in [2.05, 4.69) is 9.88 Å². The van der Waals surface area contributed by atoms with Crippen LogP contribution in [-0.4, -0.2) is 41.8 Å². The highest BCUT2D eigenvalue weighted by Crippen LogP contribution is 2.22. The fraction of sp³-hybridized carbons (Fsp3) is 0.550. The van der Waals surface area contributed by atoms with E-state index in [1.807, 2.05) is 26.0 Å². The van der Waals surface area contributed by atoms with Gasteiger partial charge in [0.25, 0.3) is 5.91 Å². The van der Waals surface area contributed by atoms with E-state index in [-0.39, 0.29) is 11.7 Å². The Hall–Kier alpha value is -2.59. The second-order valence-electron chi connectivity index (χ2n) is 6.68. The van der Waals surface area contributed by atoms with Crippen molar-refractivity contribution in [3.05, 3.63) is 28.6 Å². The Labute approximate surface area is 159 Å². The van der Waals surface area contributed by atoms with Gasteiger partial charge < -0.3 is 19.4 Å². The van der Waals surface area contributed by atoms with Gasteiger partial charge in [-0.3, -0.25) is 4.79 Å². The SMILES string of the molecule is CCNC(=O)[C@H](C)OC(=O)/C(C#N)=C/c1cc(C)n(C[C@@H]2CCCO2)c1C. The molecule has 7 nitrogen and oxygen atoms in total. The Kier molecular flexibility index (Phi) is 7.19. The number of aromatic nitrogens is 1. The minimum atomic E-state index is -0.957. The van der Waals surface area contributed by atoms with Crippen molar-refractivity contribution in [3.63, 3.8) is 0 Å². The van der Waals surface area contributed by atoms with E-state index in [4.69, 9.17) is 9.47 Å². The summed E-state index contributed by atoms with van der Waals surface area (Å²) in [5, 5.41) is 11.9. The third kappa shape index (κ3) is 5.20. The zero-order valence-corrected chi connectivity index (χ0v) is 16.4. The smallest absolute Gasteiger partial charge is 0.349 e. The number of aryl methyl sites for hydroxylation is 1. The van der Waals surface area contributed by atoms with Crippen molar-refractivity contribution in [2.24, 2.45) is 0 Å². The number of nitrogens with zero attached hydrogens (tertiary/aromatic N) is 2. The van der Waals surface area contributed by atoms with Gasteiger partial charge >= 0.3 is 5.97 Å². The summed E-state index contributed by atoms with van der Waals surface area (Å²) in [6.45, 7) is 9.19. The number of hydrogen-bond acceptors (Lipinski definition) is 5. The molecule has 0 saturated carbocycles. The van der Waals surface area contributed by atoms with Crippen LogP contribution in [0.4, 0.5) is 0 Å². The number of nitriles is 1. The fourth-order valence-corrected chi connectivity index (χ4v) is 3.13. The van der Waals surface area contributed by atoms with Crippen molar-refractivity contribution in [3.8, 4) is 6.07 Å². The monoisotopic (exact) mass is 373 g/mol. The molecule has 0 bridgehead atoms. The average molecular weight is 373 g/mol. The Balaban J connectivity index is 2.16. The first kappa shape index (κ1) is 20.7. The van der Waals surface area contributed by atoms with Gasteiger partial charge in [0.1, 0.15) is 11.6 Å². The van der Waals surface area contributed by atoms with Crippen LogP contribution in [0.25, 0.3) is 6.08 Å². The first-order chi connectivity index (χ1) is 12.9. The fourth-order valence-electron chi connectivity index (χ4n) is 3.13. The molecular weight excluding hydrogens is 346 g/mol. The van der Waals surface area contributed by atoms with Gasteiger partial charge in [-0.2, -0.15) is 5.26 Å². The molecule has 1 saturated heterocycles. The van der Waals surface area contributed by atoms with Crippen molar-refractivity contribution in [2.45, 2.75) is 59.3 Å². The van der Waals surface area contributed by atoms with Gasteiger partial charge in [0.05, 0.1) is 6.10 Å². The molecule has 1 aromatic rings. The predicted octanol–water partition coefficient (Wildman–Crippen LogP) is 2.26. The quantitative estimate of drug-likeness (QED) is 0.449. The largest absolute Gasteiger partial charge is 0.448 e. The van der Waals surface area contributed by atoms with Crippen molar-refractivity contribution in [1.29, 1.82) is 5.26 Å². The van der Waals surface area contributed by atoms with Crippen LogP contribution in [0.2, 0.25) is 0 Å². The van der Waals surface area contributed by atoms with Crippen LogP contribution in [0.1, 0.15) is 43.6 Å². The zero-order chi connectivity index (χ0) is 20.0. The molecule has 0 radical (unpaired) electrons. The molecule has 2 atom stereocenters. The van der Waals surface area contributed by atoms with Crippen LogP contribution in [0.5, 0.6) is 0 Å². The van der Waals surface area contributed by atoms with Crippen LogP contribution >= 0.6 is 0 Å². The van der Waals surface area contributed by atoms with E-state index in [1.54, 1.807) is 6.92 Å². The molecule has 0 aromatic carbocycles. The van der Waals surface area contributed by atoms with E-state index in [9.17, 15) is 14.9 Å². The second kappa shape index (κ2) is 9.38. The topological polar surface area (TPSA) is 93.4 Å². The molecule has 1 aliphatic heterocycles. The lowest BCUT2D eigenvalue weighted by molar-refractivity contribution is -0.150. The number of ether oxygens (including phenoxy) is 2. The molecule has 27 heavy (non-hydrogen) atoms. The number of rotatable bonds is 7. The Morgan fingerprint density at radius 2 is 2.26 bits per heavy atom. The Bertz CT molecular complexity index is 767. The van der Waals surface area contributed by atoms with Gasteiger partial charge in [-0.05, 0) is 58.2 Å². The van der Waals surface area contributed by atoms with Crippen LogP contribution < -0.4 is 5.32 Å². The van der Waals surface area contributed by atoms with E-state index >= 15 is 0 Å². The van der Waals surface area contributed by atoms with E-state index in [1.165, 1.54) is 13.0 Å². The van der Waals surface area contributed by atoms with Crippen molar-refractivity contribution >= 4 is 18.0 Å². The third-order valence-corrected chi connectivity index (χ3v) is 4.67. The Morgan fingerprint density at radius 3 is 2.85 bits per heavy atom. The first-order valence-electron chi connectivity index (χ1n) is 9.26. The lowest BCUT2D eigenvalue weighted by Gasteiger charge is -2.14. The van der Waals surface area contributed by atoms with Crippen LogP contribution in [0.3, 0.4) is 0 Å². The minimum absolute atomic E-state index is 0.136. The summed E-state index contributed by atoms with van der Waals surface area (Å²) >= 11 is 0. The van der Waals surface area contributed by atoms with Gasteiger partial charge in [-0.25, -0.2) is 4.79 Å². The Morgan fingerprint density at radius 1 is 1.52 bits per heavy atom. The van der Waals surface area contributed by atoms with Crippen molar-refractivity contribution in [2.75, 3.05) is 13.2 Å². The minimum Gasteiger partial charge on any atom is -0.448 e.